The van der Waals surface area contributed by atoms with Crippen LogP contribution in [0.5, 0.6) is 0 Å². The molecule has 0 unspecified atom stereocenters. The van der Waals surface area contributed by atoms with Crippen LogP contribution in [0.2, 0.25) is 0 Å². The number of pyridine rings is 2. The summed E-state index contributed by atoms with van der Waals surface area (Å²) in [5.74, 6) is 1.08. The molecule has 1 saturated heterocycles. The quantitative estimate of drug-likeness (QED) is 0.392. The molecule has 4 aromatic heterocycles. The third-order valence-electron chi connectivity index (χ3n) is 6.13. The van der Waals surface area contributed by atoms with E-state index in [1.165, 1.54) is 12.3 Å². The molecule has 166 valence electrons. The van der Waals surface area contributed by atoms with E-state index in [1.54, 1.807) is 24.5 Å². The first-order valence-electron chi connectivity index (χ1n) is 10.7. The maximum absolute atomic E-state index is 14.8. The molecule has 5 aromatic rings. The van der Waals surface area contributed by atoms with Crippen molar-refractivity contribution in [3.05, 3.63) is 48.7 Å². The van der Waals surface area contributed by atoms with Crippen molar-refractivity contribution in [1.82, 2.24) is 35.0 Å². The summed E-state index contributed by atoms with van der Waals surface area (Å²) in [6, 6.07) is 6.80. The third kappa shape index (κ3) is 3.35. The number of nitrogens with one attached hydrogen (secondary N) is 2. The molecular weight excluding hydrogens is 421 g/mol. The standard InChI is InChI=1S/C23H22FN9/c1-32-4-6-33(7-5-32)23-21-18(2-3-27-23)28-22(29-21)20-16-9-15(13-8-14(25)12-26-11-13)17(24)10-19(16)30-31-20/h2-3,8-12H,4-7,25H2,1H3,(H,28,29)(H,30,31). The molecule has 10 heteroatoms. The van der Waals surface area contributed by atoms with Crippen LogP contribution in [-0.2, 0) is 0 Å². The van der Waals surface area contributed by atoms with Crippen LogP contribution in [-0.4, -0.2) is 68.3 Å². The molecule has 9 nitrogen and oxygen atoms in total. The van der Waals surface area contributed by atoms with Crippen molar-refractivity contribution in [3.8, 4) is 22.6 Å². The summed E-state index contributed by atoms with van der Waals surface area (Å²) in [5, 5.41) is 8.11. The second kappa shape index (κ2) is 7.52. The highest BCUT2D eigenvalue weighted by Crippen LogP contribution is 2.33. The van der Waals surface area contributed by atoms with Crippen LogP contribution < -0.4 is 10.6 Å². The predicted molar refractivity (Wildman–Crippen MR) is 126 cm³/mol. The largest absolute Gasteiger partial charge is 0.397 e. The number of rotatable bonds is 3. The van der Waals surface area contributed by atoms with E-state index in [1.807, 2.05) is 6.07 Å². The van der Waals surface area contributed by atoms with Crippen LogP contribution >= 0.6 is 0 Å². The zero-order valence-electron chi connectivity index (χ0n) is 18.0. The second-order valence-electron chi connectivity index (χ2n) is 8.36. The van der Waals surface area contributed by atoms with Crippen LogP contribution in [0.15, 0.2) is 42.9 Å². The Bertz CT molecular complexity index is 1480. The fraction of sp³-hybridized carbons (Fsp3) is 0.217. The van der Waals surface area contributed by atoms with Gasteiger partial charge in [-0.2, -0.15) is 5.10 Å². The van der Waals surface area contributed by atoms with Crippen LogP contribution in [0.3, 0.4) is 0 Å². The highest BCUT2D eigenvalue weighted by Gasteiger charge is 2.21. The Labute approximate surface area is 188 Å². The molecule has 1 aliphatic rings. The molecule has 0 radical (unpaired) electrons. The van der Waals surface area contributed by atoms with E-state index in [0.717, 1.165) is 48.4 Å². The molecule has 0 amide bonds. The maximum atomic E-state index is 14.8. The number of hydrogen-bond acceptors (Lipinski definition) is 7. The van der Waals surface area contributed by atoms with Crippen LogP contribution in [0.1, 0.15) is 0 Å². The first kappa shape index (κ1) is 19.6. The molecule has 1 aromatic carbocycles. The molecule has 33 heavy (non-hydrogen) atoms. The number of fused-ring (bicyclic) bond motifs is 2. The van der Waals surface area contributed by atoms with Crippen molar-refractivity contribution in [2.45, 2.75) is 0 Å². The summed E-state index contributed by atoms with van der Waals surface area (Å²) in [7, 11) is 2.12. The summed E-state index contributed by atoms with van der Waals surface area (Å²) in [6.07, 6.45) is 4.92. The second-order valence-corrected chi connectivity index (χ2v) is 8.36. The molecule has 4 N–H and O–H groups in total. The molecule has 0 aliphatic carbocycles. The van der Waals surface area contributed by atoms with Crippen LogP contribution in [0, 0.1) is 5.82 Å². The van der Waals surface area contributed by atoms with Crippen molar-refractivity contribution >= 4 is 33.4 Å². The molecule has 5 heterocycles. The smallest absolute Gasteiger partial charge is 0.159 e. The van der Waals surface area contributed by atoms with Gasteiger partial charge in [-0.05, 0) is 25.2 Å². The number of piperazine rings is 1. The number of anilines is 2. The van der Waals surface area contributed by atoms with E-state index in [2.05, 4.69) is 42.0 Å². The minimum absolute atomic E-state index is 0.378. The maximum Gasteiger partial charge on any atom is 0.159 e. The van der Waals surface area contributed by atoms with Gasteiger partial charge in [-0.25, -0.2) is 14.4 Å². The van der Waals surface area contributed by atoms with Gasteiger partial charge >= 0.3 is 0 Å². The Hall–Kier alpha value is -4.05. The van der Waals surface area contributed by atoms with Gasteiger partial charge in [-0.1, -0.05) is 0 Å². The zero-order valence-corrected chi connectivity index (χ0v) is 18.0. The molecular formula is C23H22FN9. The van der Waals surface area contributed by atoms with E-state index in [-0.39, 0.29) is 5.82 Å². The van der Waals surface area contributed by atoms with Gasteiger partial charge in [0.15, 0.2) is 11.6 Å². The highest BCUT2D eigenvalue weighted by molar-refractivity contribution is 5.97. The van der Waals surface area contributed by atoms with Crippen molar-refractivity contribution in [1.29, 1.82) is 0 Å². The lowest BCUT2D eigenvalue weighted by atomic mass is 10.0. The monoisotopic (exact) mass is 443 g/mol. The summed E-state index contributed by atoms with van der Waals surface area (Å²) in [5.41, 5.74) is 10.2. The van der Waals surface area contributed by atoms with E-state index in [0.29, 0.717) is 33.8 Å². The Kier molecular flexibility index (Phi) is 4.47. The van der Waals surface area contributed by atoms with Gasteiger partial charge in [0.05, 0.1) is 16.7 Å². The van der Waals surface area contributed by atoms with E-state index in [9.17, 15) is 4.39 Å². The van der Waals surface area contributed by atoms with Gasteiger partial charge < -0.3 is 20.5 Å². The first-order valence-corrected chi connectivity index (χ1v) is 10.7. The number of halogens is 1. The number of hydrogen-bond donors (Lipinski definition) is 3. The molecule has 1 fully saturated rings. The minimum atomic E-state index is -0.378. The average molecular weight is 443 g/mol. The van der Waals surface area contributed by atoms with Gasteiger partial charge in [-0.15, -0.1) is 0 Å². The predicted octanol–water partition coefficient (Wildman–Crippen LogP) is 3.04. The molecule has 0 saturated carbocycles. The van der Waals surface area contributed by atoms with E-state index >= 15 is 0 Å². The molecule has 0 spiro atoms. The molecule has 1 aliphatic heterocycles. The van der Waals surface area contributed by atoms with Gasteiger partial charge in [0.25, 0.3) is 0 Å². The van der Waals surface area contributed by atoms with Crippen molar-refractivity contribution < 1.29 is 4.39 Å². The Morgan fingerprint density at radius 3 is 2.73 bits per heavy atom. The Balaban J connectivity index is 1.46. The summed E-state index contributed by atoms with van der Waals surface area (Å²) >= 11 is 0. The van der Waals surface area contributed by atoms with Gasteiger partial charge in [-0.3, -0.25) is 10.1 Å². The number of benzene rings is 1. The topological polar surface area (TPSA) is 116 Å². The summed E-state index contributed by atoms with van der Waals surface area (Å²) in [4.78, 5) is 21.5. The lowest BCUT2D eigenvalue weighted by Gasteiger charge is -2.33. The SMILES string of the molecule is CN1CCN(c2nccc3[nH]c(-c4n[nH]c5cc(F)c(-c6cncc(N)c6)cc45)nc23)CC1. The summed E-state index contributed by atoms with van der Waals surface area (Å²) < 4.78 is 14.8. The van der Waals surface area contributed by atoms with Crippen LogP contribution in [0.4, 0.5) is 15.9 Å². The van der Waals surface area contributed by atoms with Gasteiger partial charge in [0.2, 0.25) is 0 Å². The minimum Gasteiger partial charge on any atom is -0.397 e. The number of aromatic nitrogens is 6. The van der Waals surface area contributed by atoms with Crippen molar-refractivity contribution in [3.63, 3.8) is 0 Å². The number of H-pyrrole nitrogens is 2. The Morgan fingerprint density at radius 2 is 1.91 bits per heavy atom. The van der Waals surface area contributed by atoms with Crippen LogP contribution in [0.25, 0.3) is 44.6 Å². The first-order chi connectivity index (χ1) is 16.1. The van der Waals surface area contributed by atoms with Gasteiger partial charge in [0, 0.05) is 67.3 Å². The third-order valence-corrected chi connectivity index (χ3v) is 6.13. The van der Waals surface area contributed by atoms with Crippen molar-refractivity contribution in [2.75, 3.05) is 43.9 Å². The Morgan fingerprint density at radius 1 is 1.06 bits per heavy atom. The zero-order chi connectivity index (χ0) is 22.5. The number of nitrogens with zero attached hydrogens (tertiary/aromatic N) is 6. The van der Waals surface area contributed by atoms with E-state index in [4.69, 9.17) is 10.7 Å². The normalized spacial score (nSPS) is 15.0. The number of nitrogen functional groups attached to an aromatic ring is 1. The summed E-state index contributed by atoms with van der Waals surface area (Å²) in [6.45, 7) is 3.75. The van der Waals surface area contributed by atoms with Crippen molar-refractivity contribution in [2.24, 2.45) is 0 Å². The fourth-order valence-corrected chi connectivity index (χ4v) is 4.33. The number of aromatic amines is 2. The fourth-order valence-electron chi connectivity index (χ4n) is 4.33. The molecule has 0 atom stereocenters. The number of imidazole rings is 1. The lowest BCUT2D eigenvalue weighted by molar-refractivity contribution is 0.312. The van der Waals surface area contributed by atoms with E-state index < -0.39 is 0 Å². The van der Waals surface area contributed by atoms with Gasteiger partial charge in [0.1, 0.15) is 17.0 Å². The molecule has 0 bridgehead atoms. The molecule has 6 rings (SSSR count). The highest BCUT2D eigenvalue weighted by atomic mass is 19.1. The lowest BCUT2D eigenvalue weighted by Crippen LogP contribution is -2.44. The number of likely N-dealkylation sites (N-methyl/N-ethyl adjacent to an activating group) is 1. The average Bonchev–Trinajstić information content (AvgIpc) is 3.42. The number of nitrogens with two attached hydrogens (primary N) is 1.